The van der Waals surface area contributed by atoms with Gasteiger partial charge >= 0.3 is 23.9 Å². The SMILES string of the molecule is CCC1CC(CC)C(C(=O)OCOC2(CC)CC3CC2C2C4CCC(C4)C32)C1.CCC1CC(CC)C(C(=O)OCOC2(CC)CC3CC2C2CCCC32)C1.CCC1CC(CC)C(C(=O)OCOC2C3CC4CC(C3)C(=O)C2C4)C1.CCC1CC(CC)C(CCC(=O)OCOC)C1. The van der Waals surface area contributed by atoms with Crippen molar-refractivity contribution in [1.29, 1.82) is 0 Å². The Hall–Kier alpha value is -2.61. The van der Waals surface area contributed by atoms with Gasteiger partial charge in [0.15, 0.2) is 27.2 Å². The van der Waals surface area contributed by atoms with Crippen LogP contribution < -0.4 is 0 Å². The molecular weight excluding hydrogens is 1200 g/mol. The van der Waals surface area contributed by atoms with Crippen molar-refractivity contribution in [2.75, 3.05) is 34.3 Å². The van der Waals surface area contributed by atoms with Gasteiger partial charge < -0.3 is 37.9 Å². The lowest BCUT2D eigenvalue weighted by atomic mass is 9.54. The standard InChI is InChI=1S/C25H40O3.C23H38O3.C21H32O4.C14H26O3/c1-4-15-9-16(5-2)20(10-15)24(26)27-14-28-25(6-3)13-19-12-21(25)23-18-8-7-17(11-18)22(19)23;1-4-15-10-16(5-2)20(11-15)22(24)25-14-26-23(6-3)13-17-12-21(23)19-9-7-8-18(17)19;1-3-12-5-14(4-2)17(8-12)21(23)25-11-24-20-16-7-13-6-15(10-16)19(22)18(20)9-13;1-4-11-8-12(5-2)13(9-11)6-7-14(15)17-10-16-3/h15-23H,4-14H2,1-3H3;15-21H,4-14H2,1-3H3;12-18,20H,3-11H2,1-2H3;11-13H,4-10H2,1-3H3. The minimum absolute atomic E-state index is 0.000882. The summed E-state index contributed by atoms with van der Waals surface area (Å²) in [5.74, 6) is 16.9. The molecule has 29 atom stereocenters. The van der Waals surface area contributed by atoms with Crippen LogP contribution in [0.3, 0.4) is 0 Å². The summed E-state index contributed by atoms with van der Waals surface area (Å²) in [6.07, 6.45) is 40.2. The molecule has 0 aliphatic heterocycles. The second-order valence-corrected chi connectivity index (χ2v) is 34.8. The van der Waals surface area contributed by atoms with Crippen LogP contribution >= 0.6 is 0 Å². The van der Waals surface area contributed by atoms with Gasteiger partial charge in [-0.25, -0.2) is 0 Å². The van der Waals surface area contributed by atoms with E-state index >= 15 is 0 Å². The van der Waals surface area contributed by atoms with Crippen molar-refractivity contribution in [3.05, 3.63) is 0 Å². The number of esters is 4. The third kappa shape index (κ3) is 15.8. The van der Waals surface area contributed by atoms with Crippen LogP contribution in [-0.4, -0.2) is 81.2 Å². The zero-order valence-electron chi connectivity index (χ0n) is 62.3. The van der Waals surface area contributed by atoms with E-state index in [2.05, 4.69) is 69.2 Å². The van der Waals surface area contributed by atoms with Crippen molar-refractivity contribution in [3.63, 3.8) is 0 Å². The second kappa shape index (κ2) is 33.7. The molecule has 29 unspecified atom stereocenters. The molecule has 96 heavy (non-hydrogen) atoms. The largest absolute Gasteiger partial charge is 0.438 e. The molecule has 0 aromatic heterocycles. The number of carbonyl (C=O) groups excluding carboxylic acids is 5. The third-order valence-corrected chi connectivity index (χ3v) is 31.0. The summed E-state index contributed by atoms with van der Waals surface area (Å²) in [4.78, 5) is 61.8. The van der Waals surface area contributed by atoms with Gasteiger partial charge in [-0.05, 0) is 278 Å². The van der Waals surface area contributed by atoms with Crippen LogP contribution in [0.2, 0.25) is 0 Å². The Morgan fingerprint density at radius 2 is 0.927 bits per heavy atom. The molecule has 10 bridgehead atoms. The molecule has 0 spiro atoms. The van der Waals surface area contributed by atoms with Crippen molar-refractivity contribution in [2.24, 2.45) is 154 Å². The Balaban J connectivity index is 0.000000132. The fraction of sp³-hybridized carbons (Fsp3) is 0.940. The Bertz CT molecular complexity index is 2540. The van der Waals surface area contributed by atoms with E-state index in [0.717, 1.165) is 167 Å². The Labute approximate surface area is 581 Å². The number of hydrogen-bond acceptors (Lipinski definition) is 13. The Morgan fingerprint density at radius 3 is 1.48 bits per heavy atom. The summed E-state index contributed by atoms with van der Waals surface area (Å²) in [7, 11) is 1.53. The second-order valence-electron chi connectivity index (χ2n) is 34.8. The molecule has 0 heterocycles. The Morgan fingerprint density at radius 1 is 0.427 bits per heavy atom. The molecule has 15 saturated carbocycles. The lowest BCUT2D eigenvalue weighted by molar-refractivity contribution is -0.195. The molecule has 13 nitrogen and oxygen atoms in total. The normalized spacial score (nSPS) is 44.3. The molecule has 15 fully saturated rings. The lowest BCUT2D eigenvalue weighted by Crippen LogP contribution is -2.55. The van der Waals surface area contributed by atoms with E-state index in [-0.39, 0.29) is 92.0 Å². The summed E-state index contributed by atoms with van der Waals surface area (Å²) in [6.45, 7) is 22.8. The van der Waals surface area contributed by atoms with Crippen molar-refractivity contribution in [3.8, 4) is 0 Å². The lowest BCUT2D eigenvalue weighted by Gasteiger charge is -2.52. The van der Waals surface area contributed by atoms with Crippen LogP contribution in [-0.2, 0) is 61.9 Å². The first-order valence-corrected chi connectivity index (χ1v) is 41.1. The maximum absolute atomic E-state index is 12.8. The fourth-order valence-corrected chi connectivity index (χ4v) is 26.0. The number of fused-ring (bicyclic) bond motifs is 14. The molecule has 0 N–H and O–H groups in total. The van der Waals surface area contributed by atoms with Crippen molar-refractivity contribution >= 4 is 29.7 Å². The zero-order valence-corrected chi connectivity index (χ0v) is 62.3. The number of Topliss-reactive ketones (excluding diaryl/α,β-unsaturated/α-hetero) is 1. The minimum Gasteiger partial charge on any atom is -0.438 e. The van der Waals surface area contributed by atoms with Crippen LogP contribution in [0.4, 0.5) is 0 Å². The highest BCUT2D eigenvalue weighted by molar-refractivity contribution is 5.86. The van der Waals surface area contributed by atoms with Gasteiger partial charge in [0.2, 0.25) is 0 Å². The first-order valence-electron chi connectivity index (χ1n) is 41.1. The first kappa shape index (κ1) is 74.6. The van der Waals surface area contributed by atoms with Gasteiger partial charge in [0.1, 0.15) is 5.78 Å². The highest BCUT2D eigenvalue weighted by Crippen LogP contribution is 2.71. The molecule has 15 aliphatic carbocycles. The van der Waals surface area contributed by atoms with Crippen LogP contribution in [0.5, 0.6) is 0 Å². The molecule has 0 radical (unpaired) electrons. The number of rotatable bonds is 27. The molecular formula is C83H136O13. The van der Waals surface area contributed by atoms with Crippen LogP contribution in [0.15, 0.2) is 0 Å². The smallest absolute Gasteiger partial charge is 0.311 e. The molecule has 0 aromatic carbocycles. The van der Waals surface area contributed by atoms with Gasteiger partial charge in [0, 0.05) is 25.4 Å². The third-order valence-electron chi connectivity index (χ3n) is 31.0. The van der Waals surface area contributed by atoms with Gasteiger partial charge in [0.25, 0.3) is 0 Å². The Kier molecular flexibility index (Phi) is 26.2. The molecule has 0 saturated heterocycles. The molecule has 15 rings (SSSR count). The van der Waals surface area contributed by atoms with Crippen molar-refractivity contribution in [1.82, 2.24) is 0 Å². The summed E-state index contributed by atoms with van der Waals surface area (Å²) in [6, 6.07) is 0. The van der Waals surface area contributed by atoms with Crippen LogP contribution in [0, 0.1) is 154 Å². The fourth-order valence-electron chi connectivity index (χ4n) is 26.0. The van der Waals surface area contributed by atoms with Crippen molar-refractivity contribution in [2.45, 2.75) is 305 Å². The summed E-state index contributed by atoms with van der Waals surface area (Å²) >= 11 is 0. The summed E-state index contributed by atoms with van der Waals surface area (Å²) < 4.78 is 45.5. The summed E-state index contributed by atoms with van der Waals surface area (Å²) in [5, 5.41) is 0. The maximum atomic E-state index is 12.8. The van der Waals surface area contributed by atoms with E-state index in [4.69, 9.17) is 37.9 Å². The number of ether oxygens (including phenoxy) is 8. The van der Waals surface area contributed by atoms with E-state index in [1.807, 2.05) is 0 Å². The molecule has 0 aromatic rings. The average molecular weight is 1340 g/mol. The van der Waals surface area contributed by atoms with Gasteiger partial charge in [-0.2, -0.15) is 0 Å². The van der Waals surface area contributed by atoms with E-state index in [1.165, 1.54) is 129 Å². The monoisotopic (exact) mass is 1340 g/mol. The van der Waals surface area contributed by atoms with Crippen LogP contribution in [0.1, 0.15) is 288 Å². The molecule has 13 heteroatoms. The summed E-state index contributed by atoms with van der Waals surface area (Å²) in [5.41, 5.74) is -0.0232. The highest BCUT2D eigenvalue weighted by atomic mass is 16.7. The molecule has 546 valence electrons. The van der Waals surface area contributed by atoms with E-state index in [9.17, 15) is 24.0 Å². The van der Waals surface area contributed by atoms with Gasteiger partial charge in [-0.3, -0.25) is 24.0 Å². The van der Waals surface area contributed by atoms with Crippen LogP contribution in [0.25, 0.3) is 0 Å². The predicted octanol–water partition coefficient (Wildman–Crippen LogP) is 18.7. The number of carbonyl (C=O) groups is 5. The van der Waals surface area contributed by atoms with E-state index in [1.54, 1.807) is 0 Å². The first-order chi connectivity index (χ1) is 46.5. The topological polar surface area (TPSA) is 159 Å². The predicted molar refractivity (Wildman–Crippen MR) is 373 cm³/mol. The average Bonchev–Trinajstić information content (AvgIpc) is 1.54. The molecule has 0 amide bonds. The number of ketones is 1. The van der Waals surface area contributed by atoms with E-state index in [0.29, 0.717) is 65.5 Å². The van der Waals surface area contributed by atoms with Gasteiger partial charge in [-0.15, -0.1) is 0 Å². The zero-order chi connectivity index (χ0) is 68.0. The highest BCUT2D eigenvalue weighted by Gasteiger charge is 2.67. The number of hydrogen-bond donors (Lipinski definition) is 0. The minimum atomic E-state index is -0.123. The molecule has 15 aliphatic rings. The quantitative estimate of drug-likeness (QED) is 0.0331. The number of methoxy groups -OCH3 is 1. The van der Waals surface area contributed by atoms with Crippen molar-refractivity contribution < 1.29 is 61.9 Å². The van der Waals surface area contributed by atoms with E-state index < -0.39 is 0 Å². The maximum Gasteiger partial charge on any atom is 0.311 e. The van der Waals surface area contributed by atoms with Gasteiger partial charge in [0.05, 0.1) is 35.1 Å². The van der Waals surface area contributed by atoms with Gasteiger partial charge in [-0.1, -0.05) is 127 Å².